The molecule has 4 rings (SSSR count). The van der Waals surface area contributed by atoms with Gasteiger partial charge in [-0.3, -0.25) is 4.79 Å². The number of rotatable bonds is 8. The van der Waals surface area contributed by atoms with Crippen LogP contribution >= 0.6 is 23.2 Å². The molecule has 33 heavy (non-hydrogen) atoms. The van der Waals surface area contributed by atoms with Crippen molar-refractivity contribution < 1.29 is 13.2 Å². The molecular formula is C24H21Cl2N3O3S. The van der Waals surface area contributed by atoms with Gasteiger partial charge < -0.3 is 10.3 Å². The van der Waals surface area contributed by atoms with Crippen LogP contribution in [0.2, 0.25) is 10.0 Å². The number of halogens is 2. The van der Waals surface area contributed by atoms with Gasteiger partial charge in [0.05, 0.1) is 11.4 Å². The topological polar surface area (TPSA) is 91.1 Å². The molecule has 0 unspecified atom stereocenters. The van der Waals surface area contributed by atoms with E-state index in [4.69, 9.17) is 23.2 Å². The van der Waals surface area contributed by atoms with Crippen LogP contribution in [0.1, 0.15) is 17.0 Å². The number of aromatic nitrogens is 1. The second-order valence-electron chi connectivity index (χ2n) is 7.45. The number of benzene rings is 3. The van der Waals surface area contributed by atoms with E-state index in [-0.39, 0.29) is 17.4 Å². The molecule has 4 aromatic rings. The predicted octanol–water partition coefficient (Wildman–Crippen LogP) is 4.70. The first-order valence-corrected chi connectivity index (χ1v) is 12.4. The van der Waals surface area contributed by atoms with E-state index in [1.54, 1.807) is 6.07 Å². The van der Waals surface area contributed by atoms with Gasteiger partial charge in [0.25, 0.3) is 0 Å². The van der Waals surface area contributed by atoms with Crippen molar-refractivity contribution in [3.8, 4) is 0 Å². The van der Waals surface area contributed by atoms with Gasteiger partial charge in [-0.2, -0.15) is 0 Å². The summed E-state index contributed by atoms with van der Waals surface area (Å²) in [6.45, 7) is -0.152. The minimum atomic E-state index is -3.84. The number of fused-ring (bicyclic) bond motifs is 1. The van der Waals surface area contributed by atoms with Crippen molar-refractivity contribution in [1.29, 1.82) is 0 Å². The predicted molar refractivity (Wildman–Crippen MR) is 131 cm³/mol. The fraction of sp³-hybridized carbons (Fsp3) is 0.125. The van der Waals surface area contributed by atoms with E-state index in [1.807, 2.05) is 48.7 Å². The summed E-state index contributed by atoms with van der Waals surface area (Å²) in [7, 11) is -3.84. The molecule has 0 saturated heterocycles. The summed E-state index contributed by atoms with van der Waals surface area (Å²) in [5.41, 5.74) is 2.83. The highest BCUT2D eigenvalue weighted by molar-refractivity contribution is 7.89. The summed E-state index contributed by atoms with van der Waals surface area (Å²) in [6.07, 6.45) is 1.91. The van der Waals surface area contributed by atoms with Crippen molar-refractivity contribution >= 4 is 50.0 Å². The molecule has 3 N–H and O–H groups in total. The lowest BCUT2D eigenvalue weighted by Gasteiger charge is -2.19. The summed E-state index contributed by atoms with van der Waals surface area (Å²) >= 11 is 12.3. The third-order valence-corrected chi connectivity index (χ3v) is 7.34. The summed E-state index contributed by atoms with van der Waals surface area (Å²) in [5.74, 6) is -0.684. The van der Waals surface area contributed by atoms with E-state index in [1.165, 1.54) is 24.3 Å². The highest BCUT2D eigenvalue weighted by Gasteiger charge is 2.22. The van der Waals surface area contributed by atoms with E-state index in [9.17, 15) is 13.2 Å². The number of sulfonamides is 1. The minimum absolute atomic E-state index is 0.0347. The number of aromatic amines is 1. The number of H-pyrrole nitrogens is 1. The van der Waals surface area contributed by atoms with E-state index in [2.05, 4.69) is 15.0 Å². The largest absolute Gasteiger partial charge is 0.361 e. The van der Waals surface area contributed by atoms with Crippen molar-refractivity contribution in [2.24, 2.45) is 0 Å². The second kappa shape index (κ2) is 9.97. The molecule has 3 aromatic carbocycles. The van der Waals surface area contributed by atoms with Crippen LogP contribution < -0.4 is 10.0 Å². The zero-order chi connectivity index (χ0) is 23.4. The molecule has 1 amide bonds. The summed E-state index contributed by atoms with van der Waals surface area (Å²) in [6, 6.07) is 21.1. The van der Waals surface area contributed by atoms with Gasteiger partial charge in [0.1, 0.15) is 0 Å². The molecule has 0 radical (unpaired) electrons. The first-order chi connectivity index (χ1) is 15.8. The average molecular weight is 502 g/mol. The lowest BCUT2D eigenvalue weighted by Crippen LogP contribution is -2.38. The number of hydrogen-bond acceptors (Lipinski definition) is 3. The van der Waals surface area contributed by atoms with E-state index < -0.39 is 22.5 Å². The molecule has 0 aliphatic rings. The van der Waals surface area contributed by atoms with Crippen molar-refractivity contribution in [1.82, 2.24) is 15.0 Å². The van der Waals surface area contributed by atoms with Gasteiger partial charge in [-0.1, -0.05) is 59.6 Å². The first kappa shape index (κ1) is 23.3. The Morgan fingerprint density at radius 3 is 2.36 bits per heavy atom. The first-order valence-electron chi connectivity index (χ1n) is 10.2. The molecule has 0 aliphatic carbocycles. The molecule has 0 bridgehead atoms. The van der Waals surface area contributed by atoms with Gasteiger partial charge in [-0.05, 0) is 47.5 Å². The van der Waals surface area contributed by atoms with E-state index >= 15 is 0 Å². The molecule has 170 valence electrons. The van der Waals surface area contributed by atoms with Gasteiger partial charge in [-0.15, -0.1) is 0 Å². The van der Waals surface area contributed by atoms with Crippen molar-refractivity contribution in [2.45, 2.75) is 10.8 Å². The molecule has 0 spiro atoms. The standard InChI is InChI=1S/C24H21Cl2N3O3S/c25-16-9-11-17(12-10-16)33(31,32)29-15-24(30)28-14-20(18-5-1-3-7-22(18)26)21-13-27-23-8-4-2-6-19(21)23/h1-13,20,27,29H,14-15H2,(H,28,30)/t20-/m0/s1. The van der Waals surface area contributed by atoms with Crippen LogP contribution in [0.15, 0.2) is 83.9 Å². The summed E-state index contributed by atoms with van der Waals surface area (Å²) < 4.78 is 27.2. The van der Waals surface area contributed by atoms with E-state index in [0.29, 0.717) is 10.0 Å². The van der Waals surface area contributed by atoms with Crippen LogP contribution in [0, 0.1) is 0 Å². The van der Waals surface area contributed by atoms with Crippen LogP contribution in [0.3, 0.4) is 0 Å². The molecule has 0 saturated carbocycles. The van der Waals surface area contributed by atoms with Crippen LogP contribution in [0.4, 0.5) is 0 Å². The Balaban J connectivity index is 1.50. The molecule has 0 fully saturated rings. The van der Waals surface area contributed by atoms with Crippen LogP contribution in [-0.4, -0.2) is 32.4 Å². The molecule has 9 heteroatoms. The number of amides is 1. The number of carbonyl (C=O) groups is 1. The van der Waals surface area contributed by atoms with Crippen LogP contribution in [0.5, 0.6) is 0 Å². The molecule has 1 aromatic heterocycles. The number of carbonyl (C=O) groups excluding carboxylic acids is 1. The average Bonchev–Trinajstić information content (AvgIpc) is 3.23. The van der Waals surface area contributed by atoms with Crippen molar-refractivity contribution in [3.63, 3.8) is 0 Å². The third-order valence-electron chi connectivity index (χ3n) is 5.33. The van der Waals surface area contributed by atoms with Gasteiger partial charge in [0, 0.05) is 39.6 Å². The molecule has 1 atom stereocenters. The highest BCUT2D eigenvalue weighted by Crippen LogP contribution is 2.34. The Morgan fingerprint density at radius 1 is 0.909 bits per heavy atom. The Kier molecular flexibility index (Phi) is 7.05. The molecular weight excluding hydrogens is 481 g/mol. The number of para-hydroxylation sites is 1. The van der Waals surface area contributed by atoms with Crippen LogP contribution in [-0.2, 0) is 14.8 Å². The maximum absolute atomic E-state index is 12.5. The maximum Gasteiger partial charge on any atom is 0.241 e. The Labute approximate surface area is 202 Å². The van der Waals surface area contributed by atoms with Gasteiger partial charge in [0.15, 0.2) is 0 Å². The molecule has 0 aliphatic heterocycles. The summed E-state index contributed by atoms with van der Waals surface area (Å²) in [5, 5.41) is 4.88. The minimum Gasteiger partial charge on any atom is -0.361 e. The van der Waals surface area contributed by atoms with Gasteiger partial charge >= 0.3 is 0 Å². The zero-order valence-corrected chi connectivity index (χ0v) is 19.7. The van der Waals surface area contributed by atoms with Crippen molar-refractivity contribution in [3.05, 3.63) is 100 Å². The highest BCUT2D eigenvalue weighted by atomic mass is 35.5. The zero-order valence-electron chi connectivity index (χ0n) is 17.4. The smallest absolute Gasteiger partial charge is 0.241 e. The number of hydrogen-bond donors (Lipinski definition) is 3. The number of nitrogens with one attached hydrogen (secondary N) is 3. The Bertz CT molecular complexity index is 1390. The lowest BCUT2D eigenvalue weighted by molar-refractivity contribution is -0.119. The SMILES string of the molecule is O=C(CNS(=O)(=O)c1ccc(Cl)cc1)NC[C@@H](c1ccccc1Cl)c1c[nH]c2ccccc12. The maximum atomic E-state index is 12.5. The monoisotopic (exact) mass is 501 g/mol. The third kappa shape index (κ3) is 5.39. The Hall–Kier alpha value is -2.84. The van der Waals surface area contributed by atoms with Crippen LogP contribution in [0.25, 0.3) is 10.9 Å². The fourth-order valence-corrected chi connectivity index (χ4v) is 5.04. The molecule has 6 nitrogen and oxygen atoms in total. The van der Waals surface area contributed by atoms with Gasteiger partial charge in [0.2, 0.25) is 15.9 Å². The summed E-state index contributed by atoms with van der Waals surface area (Å²) in [4.78, 5) is 15.8. The normalized spacial score (nSPS) is 12.5. The van der Waals surface area contributed by atoms with Crippen molar-refractivity contribution in [2.75, 3.05) is 13.1 Å². The van der Waals surface area contributed by atoms with Gasteiger partial charge in [-0.25, -0.2) is 13.1 Å². The fourth-order valence-electron chi connectivity index (χ4n) is 3.66. The quantitative estimate of drug-likeness (QED) is 0.326. The Morgan fingerprint density at radius 2 is 1.61 bits per heavy atom. The molecule has 1 heterocycles. The second-order valence-corrected chi connectivity index (χ2v) is 10.1. The lowest BCUT2D eigenvalue weighted by atomic mass is 9.90. The van der Waals surface area contributed by atoms with E-state index in [0.717, 1.165) is 22.0 Å².